The number of allylic oxidation sites excluding steroid dienone is 7. The summed E-state index contributed by atoms with van der Waals surface area (Å²) < 4.78 is 0. The van der Waals surface area contributed by atoms with Gasteiger partial charge in [-0.15, -0.1) is 0 Å². The summed E-state index contributed by atoms with van der Waals surface area (Å²) in [6.45, 7) is 4.18. The second-order valence-corrected chi connectivity index (χ2v) is 17.0. The summed E-state index contributed by atoms with van der Waals surface area (Å²) in [5.74, 6) is -0.520. The first-order valence-corrected chi connectivity index (χ1v) is 25.0. The van der Waals surface area contributed by atoms with Gasteiger partial charge in [0.1, 0.15) is 6.10 Å². The van der Waals surface area contributed by atoms with Crippen molar-refractivity contribution in [3.05, 3.63) is 48.6 Å². The fourth-order valence-electron chi connectivity index (χ4n) is 7.45. The van der Waals surface area contributed by atoms with E-state index in [0.717, 1.165) is 44.9 Å². The van der Waals surface area contributed by atoms with E-state index in [1.807, 2.05) is 6.08 Å². The Bertz CT molecular complexity index is 927. The largest absolute Gasteiger partial charge is 0.394 e. The van der Waals surface area contributed by atoms with Gasteiger partial charge in [0.2, 0.25) is 5.91 Å². The number of hydrogen-bond donors (Lipinski definition) is 4. The molecule has 0 aromatic rings. The van der Waals surface area contributed by atoms with Crippen molar-refractivity contribution in [1.29, 1.82) is 0 Å². The minimum absolute atomic E-state index is 0.383. The van der Waals surface area contributed by atoms with Gasteiger partial charge in [0, 0.05) is 0 Å². The van der Waals surface area contributed by atoms with E-state index in [-0.39, 0.29) is 6.61 Å². The second-order valence-electron chi connectivity index (χ2n) is 17.0. The predicted octanol–water partition coefficient (Wildman–Crippen LogP) is 14.9. The number of nitrogens with one attached hydrogen (secondary N) is 1. The third-order valence-corrected chi connectivity index (χ3v) is 11.4. The van der Waals surface area contributed by atoms with Gasteiger partial charge >= 0.3 is 0 Å². The van der Waals surface area contributed by atoms with Crippen LogP contribution in [0.4, 0.5) is 0 Å². The molecular weight excluding hydrogens is 703 g/mol. The Morgan fingerprint density at radius 1 is 0.421 bits per heavy atom. The van der Waals surface area contributed by atoms with Gasteiger partial charge in [-0.2, -0.15) is 0 Å². The topological polar surface area (TPSA) is 89.8 Å². The molecule has 0 aromatic carbocycles. The highest BCUT2D eigenvalue weighted by Gasteiger charge is 2.22. The smallest absolute Gasteiger partial charge is 0.249 e. The first-order valence-electron chi connectivity index (χ1n) is 25.0. The Morgan fingerprint density at radius 3 is 1.07 bits per heavy atom. The quantitative estimate of drug-likeness (QED) is 0.0365. The van der Waals surface area contributed by atoms with Gasteiger partial charge in [-0.1, -0.05) is 229 Å². The fraction of sp³-hybridized carbons (Fsp3) is 0.827. The molecule has 0 fully saturated rings. The zero-order chi connectivity index (χ0) is 41.5. The minimum Gasteiger partial charge on any atom is -0.394 e. The highest BCUT2D eigenvalue weighted by molar-refractivity contribution is 5.80. The Hall–Kier alpha value is -1.69. The highest BCUT2D eigenvalue weighted by Crippen LogP contribution is 2.15. The number of carbonyl (C=O) groups is 1. The fourth-order valence-corrected chi connectivity index (χ4v) is 7.45. The first kappa shape index (κ1) is 55.3. The van der Waals surface area contributed by atoms with Crippen LogP contribution in [0.15, 0.2) is 48.6 Å². The summed E-state index contributed by atoms with van der Waals surface area (Å²) in [4.78, 5) is 12.5. The van der Waals surface area contributed by atoms with E-state index in [1.54, 1.807) is 6.08 Å². The summed E-state index contributed by atoms with van der Waals surface area (Å²) in [7, 11) is 0. The van der Waals surface area contributed by atoms with E-state index in [0.29, 0.717) is 6.42 Å². The Morgan fingerprint density at radius 2 is 0.719 bits per heavy atom. The molecule has 0 aliphatic carbocycles. The lowest BCUT2D eigenvalue weighted by atomic mass is 10.0. The molecule has 0 aliphatic heterocycles. The number of carbonyl (C=O) groups excluding carboxylic acids is 1. The van der Waals surface area contributed by atoms with Crippen molar-refractivity contribution >= 4 is 5.91 Å². The molecule has 334 valence electrons. The van der Waals surface area contributed by atoms with Gasteiger partial charge in [0.25, 0.3) is 0 Å². The van der Waals surface area contributed by atoms with Crippen molar-refractivity contribution in [2.45, 2.75) is 270 Å². The molecule has 0 bridgehead atoms. The summed E-state index contributed by atoms with van der Waals surface area (Å²) in [6.07, 6.45) is 61.6. The summed E-state index contributed by atoms with van der Waals surface area (Å²) in [5.41, 5.74) is 0. The van der Waals surface area contributed by atoms with Gasteiger partial charge in [-0.25, -0.2) is 0 Å². The third kappa shape index (κ3) is 42.2. The molecule has 0 aromatic heterocycles. The summed E-state index contributed by atoms with van der Waals surface area (Å²) >= 11 is 0. The van der Waals surface area contributed by atoms with Gasteiger partial charge in [-0.3, -0.25) is 4.79 Å². The lowest BCUT2D eigenvalue weighted by molar-refractivity contribution is -0.131. The maximum Gasteiger partial charge on any atom is 0.249 e. The van der Waals surface area contributed by atoms with E-state index in [9.17, 15) is 20.1 Å². The van der Waals surface area contributed by atoms with Crippen LogP contribution in [0, 0.1) is 0 Å². The summed E-state index contributed by atoms with van der Waals surface area (Å²) in [5, 5.41) is 33.2. The second kappa shape index (κ2) is 47.0. The van der Waals surface area contributed by atoms with Gasteiger partial charge in [-0.05, 0) is 70.6 Å². The third-order valence-electron chi connectivity index (χ3n) is 11.4. The molecule has 1 amide bonds. The molecular formula is C52H97NO4. The van der Waals surface area contributed by atoms with Crippen LogP contribution in [-0.2, 0) is 4.79 Å². The summed E-state index contributed by atoms with van der Waals surface area (Å²) in [6, 6.07) is -0.824. The molecule has 0 rings (SSSR count). The lowest BCUT2D eigenvalue weighted by Gasteiger charge is -2.21. The number of aliphatic hydroxyl groups excluding tert-OH is 3. The monoisotopic (exact) mass is 800 g/mol. The van der Waals surface area contributed by atoms with Crippen LogP contribution in [0.1, 0.15) is 251 Å². The number of rotatable bonds is 45. The van der Waals surface area contributed by atoms with Crippen molar-refractivity contribution in [3.63, 3.8) is 0 Å². The van der Waals surface area contributed by atoms with E-state index >= 15 is 0 Å². The normalized spacial score (nSPS) is 13.8. The molecule has 5 heteroatoms. The average molecular weight is 800 g/mol. The maximum absolute atomic E-state index is 12.5. The first-order chi connectivity index (χ1) is 28.1. The number of aliphatic hydroxyl groups is 3. The molecule has 0 aliphatic rings. The van der Waals surface area contributed by atoms with Crippen LogP contribution in [-0.4, -0.2) is 46.1 Å². The molecule has 3 unspecified atom stereocenters. The van der Waals surface area contributed by atoms with Crippen molar-refractivity contribution in [1.82, 2.24) is 5.32 Å². The standard InChI is InChI=1S/C52H97NO4/c1-3-5-7-9-11-13-15-17-19-21-23-25-26-27-29-31-33-35-37-39-41-43-45-47-51(56)52(57)53-49(48-54)50(55)46-44-42-40-38-36-34-32-30-28-24-22-20-18-16-14-12-10-8-6-4-2/h27-30,36,38,44,46,49-51,54-56H,3-26,31-35,37,39-43,45,47-48H2,1-2H3,(H,53,57)/b29-27-,30-28+,38-36+,46-44+. The number of unbranched alkanes of at least 4 members (excludes halogenated alkanes) is 31. The van der Waals surface area contributed by atoms with Crippen LogP contribution < -0.4 is 5.32 Å². The molecule has 4 N–H and O–H groups in total. The lowest BCUT2D eigenvalue weighted by Crippen LogP contribution is -2.48. The van der Waals surface area contributed by atoms with Gasteiger partial charge in [0.05, 0.1) is 18.8 Å². The van der Waals surface area contributed by atoms with E-state index in [2.05, 4.69) is 55.6 Å². The van der Waals surface area contributed by atoms with E-state index < -0.39 is 24.2 Å². The van der Waals surface area contributed by atoms with Crippen molar-refractivity contribution in [3.8, 4) is 0 Å². The zero-order valence-corrected chi connectivity index (χ0v) is 38.0. The number of hydrogen-bond acceptors (Lipinski definition) is 4. The Kier molecular flexibility index (Phi) is 45.6. The molecule has 0 spiro atoms. The Balaban J connectivity index is 3.70. The SMILES string of the molecule is CCCCCCCCCCCC/C=C/CC/C=C/CC/C=C/C(O)C(CO)NC(=O)C(O)CCCCCCCCC/C=C\CCCCCCCCCCCCCC. The molecule has 0 heterocycles. The highest BCUT2D eigenvalue weighted by atomic mass is 16.3. The number of amides is 1. The van der Waals surface area contributed by atoms with Crippen molar-refractivity contribution in [2.24, 2.45) is 0 Å². The van der Waals surface area contributed by atoms with Crippen LogP contribution in [0.3, 0.4) is 0 Å². The zero-order valence-electron chi connectivity index (χ0n) is 38.0. The van der Waals surface area contributed by atoms with Crippen molar-refractivity contribution < 1.29 is 20.1 Å². The molecule has 0 saturated heterocycles. The van der Waals surface area contributed by atoms with Crippen LogP contribution in [0.25, 0.3) is 0 Å². The van der Waals surface area contributed by atoms with Crippen LogP contribution in [0.2, 0.25) is 0 Å². The van der Waals surface area contributed by atoms with Crippen LogP contribution >= 0.6 is 0 Å². The van der Waals surface area contributed by atoms with E-state index in [4.69, 9.17) is 0 Å². The van der Waals surface area contributed by atoms with Crippen LogP contribution in [0.5, 0.6) is 0 Å². The van der Waals surface area contributed by atoms with E-state index in [1.165, 1.54) is 186 Å². The minimum atomic E-state index is -1.11. The molecule has 3 atom stereocenters. The Labute approximate surface area is 355 Å². The molecule has 5 nitrogen and oxygen atoms in total. The predicted molar refractivity (Wildman–Crippen MR) is 250 cm³/mol. The molecule has 57 heavy (non-hydrogen) atoms. The average Bonchev–Trinajstić information content (AvgIpc) is 3.22. The maximum atomic E-state index is 12.5. The van der Waals surface area contributed by atoms with Gasteiger partial charge < -0.3 is 20.6 Å². The molecule has 0 radical (unpaired) electrons. The van der Waals surface area contributed by atoms with Crippen molar-refractivity contribution in [2.75, 3.05) is 6.61 Å². The van der Waals surface area contributed by atoms with Gasteiger partial charge in [0.15, 0.2) is 0 Å². The molecule has 0 saturated carbocycles.